The Morgan fingerprint density at radius 3 is 2.63 bits per heavy atom. The van der Waals surface area contributed by atoms with E-state index in [2.05, 4.69) is 25.9 Å². The number of benzene rings is 1. The smallest absolute Gasteiger partial charge is 0.226 e. The van der Waals surface area contributed by atoms with Crippen molar-refractivity contribution in [1.29, 1.82) is 0 Å². The van der Waals surface area contributed by atoms with Crippen molar-refractivity contribution < 1.29 is 9.21 Å². The fourth-order valence-electron chi connectivity index (χ4n) is 2.28. The van der Waals surface area contributed by atoms with Gasteiger partial charge in [0, 0.05) is 31.1 Å². The molecule has 3 N–H and O–H groups in total. The Hall–Kier alpha value is -2.10. The summed E-state index contributed by atoms with van der Waals surface area (Å²) in [5, 5.41) is 9.17. The molecule has 0 saturated carbocycles. The van der Waals surface area contributed by atoms with Crippen LogP contribution in [0.4, 0.5) is 0 Å². The second kappa shape index (κ2) is 12.3. The summed E-state index contributed by atoms with van der Waals surface area (Å²) >= 11 is 0. The maximum Gasteiger partial charge on any atom is 0.226 e. The molecule has 0 aliphatic rings. The topological polar surface area (TPSA) is 91.6 Å². The predicted molar refractivity (Wildman–Crippen MR) is 118 cm³/mol. The quantitative estimate of drug-likeness (QED) is 0.304. The Bertz CT molecular complexity index is 716. The fourth-order valence-corrected chi connectivity index (χ4v) is 2.28. The van der Waals surface area contributed by atoms with Crippen molar-refractivity contribution in [3.05, 3.63) is 42.3 Å². The van der Waals surface area contributed by atoms with Crippen molar-refractivity contribution in [1.82, 2.24) is 20.9 Å². The van der Waals surface area contributed by atoms with Gasteiger partial charge in [0.1, 0.15) is 12.0 Å². The van der Waals surface area contributed by atoms with Crippen molar-refractivity contribution in [2.24, 2.45) is 4.99 Å². The van der Waals surface area contributed by atoms with Gasteiger partial charge in [0.15, 0.2) is 5.96 Å². The maximum atomic E-state index is 11.7. The van der Waals surface area contributed by atoms with Crippen LogP contribution in [0.3, 0.4) is 0 Å². The first-order valence-corrected chi connectivity index (χ1v) is 8.90. The van der Waals surface area contributed by atoms with Crippen molar-refractivity contribution >= 4 is 35.8 Å². The zero-order chi connectivity index (χ0) is 18.8. The number of halogens is 1. The average molecular weight is 485 g/mol. The molecule has 148 valence electrons. The first kappa shape index (κ1) is 22.9. The highest BCUT2D eigenvalue weighted by atomic mass is 127. The number of guanidine groups is 1. The molecule has 2 aromatic rings. The van der Waals surface area contributed by atoms with Crippen LogP contribution in [0.25, 0.3) is 11.5 Å². The van der Waals surface area contributed by atoms with Gasteiger partial charge in [-0.3, -0.25) is 4.79 Å². The molecule has 0 aliphatic heterocycles. The van der Waals surface area contributed by atoms with E-state index in [0.717, 1.165) is 17.8 Å². The summed E-state index contributed by atoms with van der Waals surface area (Å²) in [5.41, 5.74) is 1.68. The second-order valence-electron chi connectivity index (χ2n) is 6.10. The summed E-state index contributed by atoms with van der Waals surface area (Å²) in [6.07, 6.45) is 2.01. The molecule has 0 radical (unpaired) electrons. The van der Waals surface area contributed by atoms with Crippen molar-refractivity contribution in [3.63, 3.8) is 0 Å². The van der Waals surface area contributed by atoms with Gasteiger partial charge in [-0.25, -0.2) is 9.98 Å². The zero-order valence-electron chi connectivity index (χ0n) is 16.0. The van der Waals surface area contributed by atoms with E-state index >= 15 is 0 Å². The molecular weight excluding hydrogens is 457 g/mol. The molecule has 0 saturated heterocycles. The number of amides is 1. The minimum Gasteiger partial charge on any atom is -0.444 e. The highest BCUT2D eigenvalue weighted by Crippen LogP contribution is 2.18. The molecule has 1 amide bonds. The summed E-state index contributed by atoms with van der Waals surface area (Å²) in [6, 6.07) is 9.89. The van der Waals surface area contributed by atoms with Gasteiger partial charge in [0.2, 0.25) is 11.8 Å². The van der Waals surface area contributed by atoms with Crippen molar-refractivity contribution in [2.45, 2.75) is 39.8 Å². The summed E-state index contributed by atoms with van der Waals surface area (Å²) in [5.74, 6) is 1.25. The molecule has 2 rings (SSSR count). The second-order valence-corrected chi connectivity index (χ2v) is 6.10. The molecule has 0 bridgehead atoms. The fraction of sp³-hybridized carbons (Fsp3) is 0.421. The number of rotatable bonds is 8. The molecule has 1 aromatic carbocycles. The van der Waals surface area contributed by atoms with Crippen molar-refractivity contribution in [2.75, 3.05) is 13.1 Å². The van der Waals surface area contributed by atoms with E-state index in [-0.39, 0.29) is 35.9 Å². The third kappa shape index (κ3) is 8.42. The van der Waals surface area contributed by atoms with Crippen molar-refractivity contribution in [3.8, 4) is 11.5 Å². The van der Waals surface area contributed by atoms with E-state index in [1.807, 2.05) is 51.1 Å². The molecule has 1 heterocycles. The Morgan fingerprint density at radius 1 is 1.22 bits per heavy atom. The highest BCUT2D eigenvalue weighted by Gasteiger charge is 2.07. The van der Waals surface area contributed by atoms with Gasteiger partial charge >= 0.3 is 0 Å². The third-order valence-corrected chi connectivity index (χ3v) is 3.41. The van der Waals surface area contributed by atoms with Crippen LogP contribution in [0.2, 0.25) is 0 Å². The lowest BCUT2D eigenvalue weighted by Crippen LogP contribution is -2.40. The van der Waals surface area contributed by atoms with E-state index in [1.54, 1.807) is 6.26 Å². The summed E-state index contributed by atoms with van der Waals surface area (Å²) in [7, 11) is 0. The lowest BCUT2D eigenvalue weighted by molar-refractivity contribution is -0.121. The van der Waals surface area contributed by atoms with Crippen LogP contribution in [-0.4, -0.2) is 36.0 Å². The Kier molecular flexibility index (Phi) is 10.5. The number of hydrogen-bond acceptors (Lipinski definition) is 4. The minimum atomic E-state index is 0. The van der Waals surface area contributed by atoms with Gasteiger partial charge in [0.25, 0.3) is 0 Å². The van der Waals surface area contributed by atoms with Crippen LogP contribution in [0.1, 0.15) is 32.9 Å². The molecule has 1 aromatic heterocycles. The number of carbonyl (C=O) groups excluding carboxylic acids is 1. The lowest BCUT2D eigenvalue weighted by Gasteiger charge is -2.12. The first-order valence-electron chi connectivity index (χ1n) is 8.90. The van der Waals surface area contributed by atoms with Crippen LogP contribution in [0.5, 0.6) is 0 Å². The molecule has 0 unspecified atom stereocenters. The van der Waals surface area contributed by atoms with Gasteiger partial charge in [0.05, 0.1) is 6.54 Å². The molecule has 8 heteroatoms. The maximum absolute atomic E-state index is 11.7. The number of hydrogen-bond donors (Lipinski definition) is 3. The molecule has 0 spiro atoms. The normalized spacial score (nSPS) is 11.0. The van der Waals surface area contributed by atoms with E-state index < -0.39 is 0 Å². The third-order valence-electron chi connectivity index (χ3n) is 3.41. The van der Waals surface area contributed by atoms with E-state index in [9.17, 15) is 4.79 Å². The first-order chi connectivity index (χ1) is 12.6. The van der Waals surface area contributed by atoms with Crippen LogP contribution in [0.15, 0.2) is 46.0 Å². The molecule has 7 nitrogen and oxygen atoms in total. The summed E-state index contributed by atoms with van der Waals surface area (Å²) in [6.45, 7) is 7.52. The van der Waals surface area contributed by atoms with E-state index in [4.69, 9.17) is 4.42 Å². The van der Waals surface area contributed by atoms with Gasteiger partial charge in [-0.15, -0.1) is 24.0 Å². The standard InChI is InChI=1S/C19H27N5O2.HI/c1-4-20-19(21-11-10-17(25)23-14(2)3)22-12-16-13-26-18(24-16)15-8-6-5-7-9-15;/h5-9,13-14H,4,10-12H2,1-3H3,(H,23,25)(H2,20,21,22);1H. The number of aromatic nitrogens is 1. The Morgan fingerprint density at radius 2 is 1.96 bits per heavy atom. The highest BCUT2D eigenvalue weighted by molar-refractivity contribution is 14.0. The molecule has 0 atom stereocenters. The number of aliphatic imine (C=N–C) groups is 1. The predicted octanol–water partition coefficient (Wildman–Crippen LogP) is 2.93. The van der Waals surface area contributed by atoms with E-state index in [1.165, 1.54) is 0 Å². The molecule has 0 aliphatic carbocycles. The Labute approximate surface area is 177 Å². The average Bonchev–Trinajstić information content (AvgIpc) is 3.09. The largest absolute Gasteiger partial charge is 0.444 e. The van der Waals surface area contributed by atoms with Crippen LogP contribution in [0, 0.1) is 0 Å². The van der Waals surface area contributed by atoms with Gasteiger partial charge in [-0.05, 0) is 32.9 Å². The zero-order valence-corrected chi connectivity index (χ0v) is 18.3. The summed E-state index contributed by atoms with van der Waals surface area (Å²) in [4.78, 5) is 20.6. The van der Waals surface area contributed by atoms with Gasteiger partial charge in [-0.1, -0.05) is 18.2 Å². The SMILES string of the molecule is CCNC(=NCc1coc(-c2ccccc2)n1)NCCC(=O)NC(C)C.I. The van der Waals surface area contributed by atoms with Crippen LogP contribution in [-0.2, 0) is 11.3 Å². The van der Waals surface area contributed by atoms with Crippen LogP contribution < -0.4 is 16.0 Å². The number of carbonyl (C=O) groups is 1. The molecule has 27 heavy (non-hydrogen) atoms. The number of nitrogens with one attached hydrogen (secondary N) is 3. The monoisotopic (exact) mass is 485 g/mol. The summed E-state index contributed by atoms with van der Waals surface area (Å²) < 4.78 is 5.52. The molecule has 0 fully saturated rings. The van der Waals surface area contributed by atoms with Crippen LogP contribution >= 0.6 is 24.0 Å². The van der Waals surface area contributed by atoms with E-state index in [0.29, 0.717) is 31.4 Å². The lowest BCUT2D eigenvalue weighted by atomic mass is 10.2. The molecular formula is C19H28IN5O2. The van der Waals surface area contributed by atoms with Gasteiger partial charge < -0.3 is 20.4 Å². The van der Waals surface area contributed by atoms with Gasteiger partial charge in [-0.2, -0.15) is 0 Å². The minimum absolute atomic E-state index is 0. The number of oxazole rings is 1. The Balaban J connectivity index is 0.00000364. The number of nitrogens with zero attached hydrogens (tertiary/aromatic N) is 2.